The molecule has 2 N–H and O–H groups in total. The van der Waals surface area contributed by atoms with E-state index in [1.165, 1.54) is 0 Å². The fraction of sp³-hybridized carbons (Fsp3) is 0.600. The maximum Gasteiger partial charge on any atom is 0.415 e. The minimum atomic E-state index is -0.995. The molecule has 1 aliphatic rings. The van der Waals surface area contributed by atoms with Gasteiger partial charge in [0.05, 0.1) is 0 Å². The molecule has 6 nitrogen and oxygen atoms in total. The quantitative estimate of drug-likeness (QED) is 0.816. The topological polar surface area (TPSA) is 78.9 Å². The van der Waals surface area contributed by atoms with Crippen molar-refractivity contribution in [2.75, 3.05) is 13.1 Å². The first kappa shape index (κ1) is 20.1. The summed E-state index contributed by atoms with van der Waals surface area (Å²) < 4.78 is 5.47. The van der Waals surface area contributed by atoms with Crippen molar-refractivity contribution >= 4 is 12.2 Å². The smallest absolute Gasteiger partial charge is 0.415 e. The molecule has 0 saturated heterocycles. The zero-order valence-electron chi connectivity index (χ0n) is 16.1. The first-order chi connectivity index (χ1) is 12.1. The summed E-state index contributed by atoms with van der Waals surface area (Å²) in [5, 5.41) is 11.7. The number of amides is 2. The molecule has 0 aromatic heterocycles. The van der Waals surface area contributed by atoms with Gasteiger partial charge in [-0.3, -0.25) is 0 Å². The molecule has 2 amide bonds. The molecule has 2 unspecified atom stereocenters. The van der Waals surface area contributed by atoms with Crippen molar-refractivity contribution in [3.8, 4) is 5.75 Å². The van der Waals surface area contributed by atoms with Crippen LogP contribution in [0.4, 0.5) is 9.59 Å². The van der Waals surface area contributed by atoms with Crippen LogP contribution >= 0.6 is 0 Å². The van der Waals surface area contributed by atoms with Crippen LogP contribution in [-0.4, -0.2) is 41.3 Å². The zero-order chi connectivity index (χ0) is 19.4. The van der Waals surface area contributed by atoms with Crippen molar-refractivity contribution in [2.45, 2.75) is 53.0 Å². The van der Waals surface area contributed by atoms with Crippen molar-refractivity contribution in [3.05, 3.63) is 30.3 Å². The van der Waals surface area contributed by atoms with E-state index >= 15 is 0 Å². The van der Waals surface area contributed by atoms with Crippen LogP contribution in [0.25, 0.3) is 0 Å². The van der Waals surface area contributed by atoms with E-state index in [4.69, 9.17) is 9.84 Å². The summed E-state index contributed by atoms with van der Waals surface area (Å²) in [5.41, 5.74) is -0.177. The highest BCUT2D eigenvalue weighted by Crippen LogP contribution is 2.46. The maximum atomic E-state index is 12.6. The first-order valence-corrected chi connectivity index (χ1v) is 9.14. The molecule has 1 aliphatic carbocycles. The minimum Gasteiger partial charge on any atom is -0.465 e. The largest absolute Gasteiger partial charge is 0.465 e. The van der Waals surface area contributed by atoms with Crippen molar-refractivity contribution in [1.29, 1.82) is 0 Å². The molecule has 0 aliphatic heterocycles. The molecular weight excluding hydrogens is 332 g/mol. The van der Waals surface area contributed by atoms with Gasteiger partial charge in [-0.25, -0.2) is 9.59 Å². The predicted octanol–water partition coefficient (Wildman–Crippen LogP) is 4.36. The van der Waals surface area contributed by atoms with E-state index in [1.54, 1.807) is 17.0 Å². The number of rotatable bonds is 5. The second-order valence-electron chi connectivity index (χ2n) is 8.40. The lowest BCUT2D eigenvalue weighted by molar-refractivity contribution is 0.0406. The number of hydrogen-bond acceptors (Lipinski definition) is 3. The van der Waals surface area contributed by atoms with Crippen LogP contribution in [0.1, 0.15) is 47.0 Å². The van der Waals surface area contributed by atoms with Gasteiger partial charge < -0.3 is 20.1 Å². The van der Waals surface area contributed by atoms with Crippen molar-refractivity contribution < 1.29 is 19.4 Å². The van der Waals surface area contributed by atoms with Gasteiger partial charge in [0.15, 0.2) is 0 Å². The molecule has 2 atom stereocenters. The van der Waals surface area contributed by atoms with Crippen LogP contribution in [0.15, 0.2) is 30.3 Å². The van der Waals surface area contributed by atoms with Gasteiger partial charge in [-0.2, -0.15) is 0 Å². The third kappa shape index (κ3) is 5.64. The van der Waals surface area contributed by atoms with Crippen LogP contribution < -0.4 is 10.1 Å². The third-order valence-corrected chi connectivity index (χ3v) is 4.93. The van der Waals surface area contributed by atoms with Gasteiger partial charge in [-0.15, -0.1) is 0 Å². The first-order valence-electron chi connectivity index (χ1n) is 9.14. The predicted molar refractivity (Wildman–Crippen MR) is 100 cm³/mol. The Labute approximate surface area is 155 Å². The van der Waals surface area contributed by atoms with Crippen LogP contribution in [0.3, 0.4) is 0 Å². The van der Waals surface area contributed by atoms with E-state index in [0.717, 1.165) is 12.8 Å². The number of ether oxygens (including phenoxy) is 1. The summed E-state index contributed by atoms with van der Waals surface area (Å²) in [6.45, 7) is 9.44. The highest BCUT2D eigenvalue weighted by molar-refractivity contribution is 5.70. The van der Waals surface area contributed by atoms with Gasteiger partial charge in [0.1, 0.15) is 5.75 Å². The molecule has 0 heterocycles. The summed E-state index contributed by atoms with van der Waals surface area (Å²) >= 11 is 0. The summed E-state index contributed by atoms with van der Waals surface area (Å²) in [6, 6.07) is 8.92. The number of para-hydroxylation sites is 1. The van der Waals surface area contributed by atoms with Crippen LogP contribution in [0, 0.1) is 10.8 Å². The van der Waals surface area contributed by atoms with Gasteiger partial charge in [-0.1, -0.05) is 39.0 Å². The summed E-state index contributed by atoms with van der Waals surface area (Å²) in [5.74, 6) is 0.524. The van der Waals surface area contributed by atoms with Crippen molar-refractivity contribution in [2.24, 2.45) is 10.8 Å². The van der Waals surface area contributed by atoms with Crippen molar-refractivity contribution in [3.63, 3.8) is 0 Å². The molecule has 1 aromatic carbocycles. The Kier molecular flexibility index (Phi) is 6.16. The Morgan fingerprint density at radius 3 is 2.46 bits per heavy atom. The molecule has 1 fully saturated rings. The Morgan fingerprint density at radius 2 is 1.88 bits per heavy atom. The standard InChI is InChI=1S/C20H30N2O4/c1-5-22(18(25)26-16-9-7-6-8-10-16)14-20(4)12-15(21-17(23)24)11-19(2,3)13-20/h6-10,15,21H,5,11-14H2,1-4H3,(H,23,24). The van der Waals surface area contributed by atoms with E-state index < -0.39 is 6.09 Å². The maximum absolute atomic E-state index is 12.6. The van der Waals surface area contributed by atoms with Gasteiger partial charge in [0, 0.05) is 19.1 Å². The number of benzene rings is 1. The normalized spacial score (nSPS) is 24.5. The van der Waals surface area contributed by atoms with E-state index in [9.17, 15) is 9.59 Å². The number of nitrogens with one attached hydrogen (secondary N) is 1. The second kappa shape index (κ2) is 7.98. The molecule has 0 radical (unpaired) electrons. The van der Waals surface area contributed by atoms with Crippen molar-refractivity contribution in [1.82, 2.24) is 10.2 Å². The molecule has 26 heavy (non-hydrogen) atoms. The lowest BCUT2D eigenvalue weighted by Crippen LogP contribution is -2.51. The van der Waals surface area contributed by atoms with E-state index in [0.29, 0.717) is 25.3 Å². The highest BCUT2D eigenvalue weighted by atomic mass is 16.6. The van der Waals surface area contributed by atoms with Gasteiger partial charge in [-0.05, 0) is 49.1 Å². The SMILES string of the molecule is CCN(CC1(C)CC(NC(=O)O)CC(C)(C)C1)C(=O)Oc1ccccc1. The molecule has 1 aromatic rings. The van der Waals surface area contributed by atoms with Gasteiger partial charge in [0.25, 0.3) is 0 Å². The molecule has 2 rings (SSSR count). The summed E-state index contributed by atoms with van der Waals surface area (Å²) in [7, 11) is 0. The minimum absolute atomic E-state index is 0.00284. The van der Waals surface area contributed by atoms with Crippen LogP contribution in [-0.2, 0) is 0 Å². The number of carbonyl (C=O) groups is 2. The Balaban J connectivity index is 2.08. The monoisotopic (exact) mass is 362 g/mol. The lowest BCUT2D eigenvalue weighted by Gasteiger charge is -2.48. The molecule has 6 heteroatoms. The Hall–Kier alpha value is -2.24. The number of nitrogens with zero attached hydrogens (tertiary/aromatic N) is 1. The number of carboxylic acid groups (broad SMARTS) is 1. The van der Waals surface area contributed by atoms with E-state index in [2.05, 4.69) is 26.1 Å². The third-order valence-electron chi connectivity index (χ3n) is 4.93. The average Bonchev–Trinajstić information content (AvgIpc) is 2.50. The Bertz CT molecular complexity index is 632. The summed E-state index contributed by atoms with van der Waals surface area (Å²) in [6.07, 6.45) is 1.07. The average molecular weight is 362 g/mol. The van der Waals surface area contributed by atoms with Gasteiger partial charge in [0.2, 0.25) is 0 Å². The lowest BCUT2D eigenvalue weighted by atomic mass is 9.62. The summed E-state index contributed by atoms with van der Waals surface area (Å²) in [4.78, 5) is 25.4. The second-order valence-corrected chi connectivity index (χ2v) is 8.40. The molecule has 0 bridgehead atoms. The molecule has 1 saturated carbocycles. The fourth-order valence-electron chi connectivity index (χ4n) is 4.45. The highest BCUT2D eigenvalue weighted by Gasteiger charge is 2.43. The van der Waals surface area contributed by atoms with E-state index in [-0.39, 0.29) is 23.0 Å². The number of hydrogen-bond donors (Lipinski definition) is 2. The number of carbonyl (C=O) groups excluding carboxylic acids is 1. The van der Waals surface area contributed by atoms with E-state index in [1.807, 2.05) is 25.1 Å². The molecule has 0 spiro atoms. The molecular formula is C20H30N2O4. The fourth-order valence-corrected chi connectivity index (χ4v) is 4.45. The van der Waals surface area contributed by atoms with Crippen LogP contribution in [0.5, 0.6) is 5.75 Å². The van der Waals surface area contributed by atoms with Crippen LogP contribution in [0.2, 0.25) is 0 Å². The molecule has 144 valence electrons. The zero-order valence-corrected chi connectivity index (χ0v) is 16.1. The Morgan fingerprint density at radius 1 is 1.23 bits per heavy atom. The van der Waals surface area contributed by atoms with Gasteiger partial charge >= 0.3 is 12.2 Å².